The Morgan fingerprint density at radius 2 is 1.62 bits per heavy atom. The fourth-order valence-corrected chi connectivity index (χ4v) is 3.10. The number of anilines is 1. The third-order valence-electron chi connectivity index (χ3n) is 4.60. The number of hydrogen-bond donors (Lipinski definition) is 1. The molecule has 0 bridgehead atoms. The molecule has 1 aliphatic rings. The van der Waals surface area contributed by atoms with E-state index in [2.05, 4.69) is 4.90 Å². The third kappa shape index (κ3) is 4.53. The van der Waals surface area contributed by atoms with E-state index in [0.29, 0.717) is 44.0 Å². The van der Waals surface area contributed by atoms with E-state index in [1.54, 1.807) is 18.2 Å². The zero-order valence-electron chi connectivity index (χ0n) is 14.1. The zero-order chi connectivity index (χ0) is 18.7. The van der Waals surface area contributed by atoms with Crippen molar-refractivity contribution < 1.29 is 22.7 Å². The molecular weight excluding hydrogens is 348 g/mol. The number of aliphatic hydroxyl groups excluding tert-OH is 1. The molecule has 0 spiro atoms. The number of nitrogens with zero attached hydrogens (tertiary/aromatic N) is 2. The van der Waals surface area contributed by atoms with Gasteiger partial charge in [0.2, 0.25) is 0 Å². The van der Waals surface area contributed by atoms with Gasteiger partial charge in [0.1, 0.15) is 5.82 Å². The highest BCUT2D eigenvalue weighted by Crippen LogP contribution is 2.32. The summed E-state index contributed by atoms with van der Waals surface area (Å²) in [5.41, 5.74) is 0.550. The maximum atomic E-state index is 12.9. The second kappa shape index (κ2) is 7.63. The van der Waals surface area contributed by atoms with Crippen LogP contribution in [-0.4, -0.2) is 42.7 Å². The van der Waals surface area contributed by atoms with Crippen LogP contribution in [0.4, 0.5) is 23.2 Å². The molecule has 0 aliphatic carbocycles. The lowest BCUT2D eigenvalue weighted by Crippen LogP contribution is -2.47. The monoisotopic (exact) mass is 368 g/mol. The van der Waals surface area contributed by atoms with Gasteiger partial charge in [0.25, 0.3) is 0 Å². The van der Waals surface area contributed by atoms with Crippen LogP contribution >= 0.6 is 0 Å². The van der Waals surface area contributed by atoms with Crippen molar-refractivity contribution >= 4 is 5.69 Å². The number of benzene rings is 2. The number of β-amino-alcohol motifs (C(OH)–C–C–N with tert-alkyl or cyclic N) is 1. The quantitative estimate of drug-likeness (QED) is 0.834. The molecule has 0 saturated carbocycles. The summed E-state index contributed by atoms with van der Waals surface area (Å²) in [5, 5.41) is 10.3. The molecule has 1 heterocycles. The van der Waals surface area contributed by atoms with Crippen LogP contribution in [0.2, 0.25) is 0 Å². The Balaban J connectivity index is 1.57. The summed E-state index contributed by atoms with van der Waals surface area (Å²) in [6.07, 6.45) is -5.08. The van der Waals surface area contributed by atoms with Gasteiger partial charge in [-0.05, 0) is 35.9 Å². The molecule has 1 saturated heterocycles. The molecule has 2 aromatic rings. The second-order valence-electron chi connectivity index (χ2n) is 6.40. The maximum absolute atomic E-state index is 12.9. The van der Waals surface area contributed by atoms with Crippen molar-refractivity contribution in [2.24, 2.45) is 0 Å². The number of alkyl halides is 3. The molecule has 26 heavy (non-hydrogen) atoms. The first-order chi connectivity index (χ1) is 12.3. The molecule has 7 heteroatoms. The Morgan fingerprint density at radius 1 is 0.962 bits per heavy atom. The average Bonchev–Trinajstić information content (AvgIpc) is 2.62. The zero-order valence-corrected chi connectivity index (χ0v) is 14.1. The molecule has 0 aromatic heterocycles. The predicted octanol–water partition coefficient (Wildman–Crippen LogP) is 3.70. The first-order valence-corrected chi connectivity index (χ1v) is 8.41. The first kappa shape index (κ1) is 18.7. The molecule has 2 aromatic carbocycles. The summed E-state index contributed by atoms with van der Waals surface area (Å²) in [4.78, 5) is 3.97. The van der Waals surface area contributed by atoms with Crippen molar-refractivity contribution in [1.29, 1.82) is 0 Å². The molecule has 140 valence electrons. The molecular formula is C19H20F4N2O. The number of hydrogen-bond acceptors (Lipinski definition) is 3. The van der Waals surface area contributed by atoms with Gasteiger partial charge in [0.15, 0.2) is 0 Å². The molecule has 1 fully saturated rings. The van der Waals surface area contributed by atoms with Crippen molar-refractivity contribution in [1.82, 2.24) is 4.90 Å². The van der Waals surface area contributed by atoms with Crippen LogP contribution < -0.4 is 4.90 Å². The van der Waals surface area contributed by atoms with Crippen LogP contribution in [0.15, 0.2) is 48.5 Å². The second-order valence-corrected chi connectivity index (χ2v) is 6.40. The molecule has 3 rings (SSSR count). The standard InChI is InChI=1S/C19H20F4N2O/c20-16-6-4-14(5-7-16)18(26)13-24-8-10-25(11-9-24)17-3-1-2-15(12-17)19(21,22)23/h1-7,12,18,26H,8-11,13H2/t18-/m1/s1. The van der Waals surface area contributed by atoms with Crippen molar-refractivity contribution in [2.75, 3.05) is 37.6 Å². The predicted molar refractivity (Wildman–Crippen MR) is 91.5 cm³/mol. The summed E-state index contributed by atoms with van der Waals surface area (Å²) < 4.78 is 51.5. The molecule has 1 aliphatic heterocycles. The van der Waals surface area contributed by atoms with Gasteiger partial charge in [-0.1, -0.05) is 18.2 Å². The number of rotatable bonds is 4. The molecule has 3 nitrogen and oxygen atoms in total. The lowest BCUT2D eigenvalue weighted by molar-refractivity contribution is -0.137. The summed E-state index contributed by atoms with van der Waals surface area (Å²) in [5.74, 6) is -0.351. The third-order valence-corrected chi connectivity index (χ3v) is 4.60. The number of aliphatic hydroxyl groups is 1. The van der Waals surface area contributed by atoms with E-state index in [9.17, 15) is 22.7 Å². The highest BCUT2D eigenvalue weighted by atomic mass is 19.4. The topological polar surface area (TPSA) is 26.7 Å². The SMILES string of the molecule is O[C@H](CN1CCN(c2cccc(C(F)(F)F)c2)CC1)c1ccc(F)cc1. The van der Waals surface area contributed by atoms with Crippen molar-refractivity contribution in [2.45, 2.75) is 12.3 Å². The van der Waals surface area contributed by atoms with Crippen molar-refractivity contribution in [3.63, 3.8) is 0 Å². The van der Waals surface area contributed by atoms with Crippen LogP contribution in [0.25, 0.3) is 0 Å². The highest BCUT2D eigenvalue weighted by Gasteiger charge is 2.31. The number of halogens is 4. The van der Waals surface area contributed by atoms with Gasteiger partial charge in [0, 0.05) is 38.4 Å². The minimum Gasteiger partial charge on any atom is -0.387 e. The number of piperazine rings is 1. The molecule has 0 radical (unpaired) electrons. The Morgan fingerprint density at radius 3 is 2.23 bits per heavy atom. The fourth-order valence-electron chi connectivity index (χ4n) is 3.10. The summed E-state index contributed by atoms with van der Waals surface area (Å²) >= 11 is 0. The Labute approximate surface area is 149 Å². The fraction of sp³-hybridized carbons (Fsp3) is 0.368. The Bertz CT molecular complexity index is 725. The maximum Gasteiger partial charge on any atom is 0.416 e. The van der Waals surface area contributed by atoms with E-state index < -0.39 is 17.8 Å². The molecule has 1 atom stereocenters. The van der Waals surface area contributed by atoms with E-state index in [1.807, 2.05) is 4.90 Å². The average molecular weight is 368 g/mol. The first-order valence-electron chi connectivity index (χ1n) is 8.41. The summed E-state index contributed by atoms with van der Waals surface area (Å²) in [7, 11) is 0. The van der Waals surface area contributed by atoms with Gasteiger partial charge in [0.05, 0.1) is 11.7 Å². The minimum atomic E-state index is -4.35. The summed E-state index contributed by atoms with van der Waals surface area (Å²) in [6, 6.07) is 11.1. The Kier molecular flexibility index (Phi) is 5.48. The van der Waals surface area contributed by atoms with Crippen LogP contribution in [0.5, 0.6) is 0 Å². The van der Waals surface area contributed by atoms with Gasteiger partial charge in [-0.2, -0.15) is 13.2 Å². The van der Waals surface area contributed by atoms with Gasteiger partial charge >= 0.3 is 6.18 Å². The van der Waals surface area contributed by atoms with Gasteiger partial charge in [-0.25, -0.2) is 4.39 Å². The van der Waals surface area contributed by atoms with Crippen LogP contribution in [0.1, 0.15) is 17.2 Å². The Hall–Kier alpha value is -2.12. The van der Waals surface area contributed by atoms with Gasteiger partial charge in [-0.3, -0.25) is 4.90 Å². The van der Waals surface area contributed by atoms with E-state index >= 15 is 0 Å². The van der Waals surface area contributed by atoms with Gasteiger partial charge in [-0.15, -0.1) is 0 Å². The summed E-state index contributed by atoms with van der Waals surface area (Å²) in [6.45, 7) is 2.83. The van der Waals surface area contributed by atoms with Crippen LogP contribution in [-0.2, 0) is 6.18 Å². The smallest absolute Gasteiger partial charge is 0.387 e. The van der Waals surface area contributed by atoms with E-state index in [1.165, 1.54) is 24.3 Å². The van der Waals surface area contributed by atoms with E-state index in [4.69, 9.17) is 0 Å². The lowest BCUT2D eigenvalue weighted by Gasteiger charge is -2.37. The molecule has 1 N–H and O–H groups in total. The largest absolute Gasteiger partial charge is 0.416 e. The van der Waals surface area contributed by atoms with Crippen LogP contribution in [0, 0.1) is 5.82 Å². The van der Waals surface area contributed by atoms with Crippen molar-refractivity contribution in [3.05, 3.63) is 65.5 Å². The normalized spacial score (nSPS) is 17.3. The van der Waals surface area contributed by atoms with E-state index in [0.717, 1.165) is 6.07 Å². The molecule has 0 unspecified atom stereocenters. The highest BCUT2D eigenvalue weighted by molar-refractivity contribution is 5.49. The van der Waals surface area contributed by atoms with E-state index in [-0.39, 0.29) is 5.82 Å². The minimum absolute atomic E-state index is 0.351. The van der Waals surface area contributed by atoms with Crippen molar-refractivity contribution in [3.8, 4) is 0 Å². The molecule has 0 amide bonds. The van der Waals surface area contributed by atoms with Gasteiger partial charge < -0.3 is 10.0 Å². The van der Waals surface area contributed by atoms with Crippen LogP contribution in [0.3, 0.4) is 0 Å². The lowest BCUT2D eigenvalue weighted by atomic mass is 10.1.